The Morgan fingerprint density at radius 3 is 2.76 bits per heavy atom. The summed E-state index contributed by atoms with van der Waals surface area (Å²) >= 11 is 0. The van der Waals surface area contributed by atoms with Crippen LogP contribution in [0, 0.1) is 0 Å². The van der Waals surface area contributed by atoms with E-state index in [-0.39, 0.29) is 5.03 Å². The SMILES string of the molecule is CCN(CC)C1CCN(S(=O)(=O)c2ncccc2NC)C1. The van der Waals surface area contributed by atoms with Gasteiger partial charge in [-0.15, -0.1) is 0 Å². The number of rotatable bonds is 6. The van der Waals surface area contributed by atoms with E-state index in [4.69, 9.17) is 0 Å². The van der Waals surface area contributed by atoms with E-state index in [1.165, 1.54) is 6.20 Å². The first-order valence-corrected chi connectivity index (χ1v) is 8.85. The Balaban J connectivity index is 2.22. The van der Waals surface area contributed by atoms with Gasteiger partial charge in [-0.2, -0.15) is 4.31 Å². The number of nitrogens with zero attached hydrogens (tertiary/aromatic N) is 3. The lowest BCUT2D eigenvalue weighted by Crippen LogP contribution is -2.38. The van der Waals surface area contributed by atoms with E-state index in [2.05, 4.69) is 29.0 Å². The molecule has 6 nitrogen and oxygen atoms in total. The smallest absolute Gasteiger partial charge is 0.262 e. The molecular weight excluding hydrogens is 288 g/mol. The summed E-state index contributed by atoms with van der Waals surface area (Å²) in [6.45, 7) is 7.21. The fourth-order valence-electron chi connectivity index (χ4n) is 2.88. The topological polar surface area (TPSA) is 65.5 Å². The van der Waals surface area contributed by atoms with Gasteiger partial charge in [0.1, 0.15) is 0 Å². The number of anilines is 1. The van der Waals surface area contributed by atoms with E-state index < -0.39 is 10.0 Å². The van der Waals surface area contributed by atoms with Crippen molar-refractivity contribution in [2.45, 2.75) is 31.3 Å². The monoisotopic (exact) mass is 312 g/mol. The van der Waals surface area contributed by atoms with Crippen molar-refractivity contribution in [3.8, 4) is 0 Å². The summed E-state index contributed by atoms with van der Waals surface area (Å²) in [5.41, 5.74) is 0.545. The maximum atomic E-state index is 12.8. The van der Waals surface area contributed by atoms with E-state index in [9.17, 15) is 8.42 Å². The van der Waals surface area contributed by atoms with Crippen molar-refractivity contribution in [2.75, 3.05) is 38.5 Å². The minimum Gasteiger partial charge on any atom is -0.386 e. The molecule has 0 amide bonds. The molecule has 1 aromatic heterocycles. The minimum absolute atomic E-state index is 0.118. The third-order valence-electron chi connectivity index (χ3n) is 4.08. The van der Waals surface area contributed by atoms with Crippen molar-refractivity contribution in [3.63, 3.8) is 0 Å². The summed E-state index contributed by atoms with van der Waals surface area (Å²) in [6.07, 6.45) is 2.40. The molecule has 21 heavy (non-hydrogen) atoms. The highest BCUT2D eigenvalue weighted by Gasteiger charge is 2.36. The number of hydrogen-bond acceptors (Lipinski definition) is 5. The molecule has 1 saturated heterocycles. The molecule has 1 N–H and O–H groups in total. The minimum atomic E-state index is -3.53. The lowest BCUT2D eigenvalue weighted by Gasteiger charge is -2.26. The molecule has 2 heterocycles. The van der Waals surface area contributed by atoms with Gasteiger partial charge in [0, 0.05) is 32.4 Å². The quantitative estimate of drug-likeness (QED) is 0.856. The Morgan fingerprint density at radius 2 is 2.14 bits per heavy atom. The fourth-order valence-corrected chi connectivity index (χ4v) is 4.48. The third kappa shape index (κ3) is 3.20. The molecule has 0 radical (unpaired) electrons. The summed E-state index contributed by atoms with van der Waals surface area (Å²) in [5.74, 6) is 0. The van der Waals surface area contributed by atoms with Crippen LogP contribution in [0.3, 0.4) is 0 Å². The van der Waals surface area contributed by atoms with Gasteiger partial charge in [0.15, 0.2) is 5.03 Å². The Hall–Kier alpha value is -1.18. The van der Waals surface area contributed by atoms with Gasteiger partial charge in [-0.25, -0.2) is 13.4 Å². The lowest BCUT2D eigenvalue weighted by atomic mass is 10.2. The summed E-state index contributed by atoms with van der Waals surface area (Å²) < 4.78 is 27.1. The normalized spacial score (nSPS) is 20.1. The molecule has 0 saturated carbocycles. The van der Waals surface area contributed by atoms with Crippen molar-refractivity contribution in [1.82, 2.24) is 14.2 Å². The molecule has 0 aliphatic carbocycles. The standard InChI is InChI=1S/C14H24N4O2S/c1-4-17(5-2)12-8-10-18(11-12)21(19,20)14-13(15-3)7-6-9-16-14/h6-7,9,12,15H,4-5,8,10-11H2,1-3H3. The van der Waals surface area contributed by atoms with Crippen molar-refractivity contribution in [3.05, 3.63) is 18.3 Å². The number of likely N-dealkylation sites (N-methyl/N-ethyl adjacent to an activating group) is 1. The Bertz CT molecular complexity index is 572. The molecular formula is C14H24N4O2S. The first kappa shape index (κ1) is 16.2. The van der Waals surface area contributed by atoms with Crippen molar-refractivity contribution in [1.29, 1.82) is 0 Å². The van der Waals surface area contributed by atoms with E-state index in [1.54, 1.807) is 23.5 Å². The molecule has 118 valence electrons. The predicted molar refractivity (Wildman–Crippen MR) is 83.9 cm³/mol. The van der Waals surface area contributed by atoms with Crippen LogP contribution in [0.25, 0.3) is 0 Å². The summed E-state index contributed by atoms with van der Waals surface area (Å²) in [4.78, 5) is 6.38. The summed E-state index contributed by atoms with van der Waals surface area (Å²) in [6, 6.07) is 3.77. The molecule has 0 bridgehead atoms. The van der Waals surface area contributed by atoms with E-state index in [1.807, 2.05) is 0 Å². The van der Waals surface area contributed by atoms with Gasteiger partial charge >= 0.3 is 0 Å². The highest BCUT2D eigenvalue weighted by molar-refractivity contribution is 7.89. The Morgan fingerprint density at radius 1 is 1.43 bits per heavy atom. The molecule has 2 rings (SSSR count). The Kier molecular flexibility index (Phi) is 5.18. The summed E-state index contributed by atoms with van der Waals surface area (Å²) in [7, 11) is -1.82. The van der Waals surface area contributed by atoms with Crippen LogP contribution < -0.4 is 5.32 Å². The molecule has 1 aliphatic rings. The molecule has 1 aromatic rings. The molecule has 0 aromatic carbocycles. The van der Waals surface area contributed by atoms with Crippen LogP contribution in [0.15, 0.2) is 23.4 Å². The maximum Gasteiger partial charge on any atom is 0.262 e. The van der Waals surface area contributed by atoms with Crippen molar-refractivity contribution < 1.29 is 8.42 Å². The van der Waals surface area contributed by atoms with Crippen LogP contribution >= 0.6 is 0 Å². The number of pyridine rings is 1. The maximum absolute atomic E-state index is 12.8. The number of aromatic nitrogens is 1. The highest BCUT2D eigenvalue weighted by Crippen LogP contribution is 2.26. The second-order valence-electron chi connectivity index (χ2n) is 5.13. The molecule has 1 atom stereocenters. The Labute approximate surface area is 127 Å². The van der Waals surface area contributed by atoms with E-state index in [0.29, 0.717) is 24.8 Å². The van der Waals surface area contributed by atoms with Gasteiger partial charge in [-0.05, 0) is 31.6 Å². The number of sulfonamides is 1. The van der Waals surface area contributed by atoms with Gasteiger partial charge in [-0.3, -0.25) is 4.90 Å². The number of hydrogen-bond donors (Lipinski definition) is 1. The zero-order valence-corrected chi connectivity index (χ0v) is 13.7. The van der Waals surface area contributed by atoms with Crippen LogP contribution in [0.1, 0.15) is 20.3 Å². The first-order valence-electron chi connectivity index (χ1n) is 7.41. The van der Waals surface area contributed by atoms with Crippen molar-refractivity contribution in [2.24, 2.45) is 0 Å². The molecule has 0 spiro atoms. The highest BCUT2D eigenvalue weighted by atomic mass is 32.2. The largest absolute Gasteiger partial charge is 0.386 e. The van der Waals surface area contributed by atoms with Crippen LogP contribution in [0.4, 0.5) is 5.69 Å². The van der Waals surface area contributed by atoms with Crippen LogP contribution in [-0.2, 0) is 10.0 Å². The zero-order valence-electron chi connectivity index (χ0n) is 12.9. The molecule has 1 aliphatic heterocycles. The average Bonchev–Trinajstić information content (AvgIpc) is 2.99. The fraction of sp³-hybridized carbons (Fsp3) is 0.643. The lowest BCUT2D eigenvalue weighted by molar-refractivity contribution is 0.224. The molecule has 1 fully saturated rings. The second kappa shape index (κ2) is 6.72. The average molecular weight is 312 g/mol. The van der Waals surface area contributed by atoms with Gasteiger partial charge in [0.05, 0.1) is 5.69 Å². The third-order valence-corrected chi connectivity index (χ3v) is 5.91. The van der Waals surface area contributed by atoms with Crippen LogP contribution in [-0.4, -0.2) is 61.9 Å². The van der Waals surface area contributed by atoms with Gasteiger partial charge in [0.25, 0.3) is 10.0 Å². The molecule has 7 heteroatoms. The van der Waals surface area contributed by atoms with Gasteiger partial charge in [-0.1, -0.05) is 13.8 Å². The number of nitrogens with one attached hydrogen (secondary N) is 1. The van der Waals surface area contributed by atoms with Gasteiger partial charge in [0.2, 0.25) is 0 Å². The van der Waals surface area contributed by atoms with Crippen molar-refractivity contribution >= 4 is 15.7 Å². The van der Waals surface area contributed by atoms with Crippen LogP contribution in [0.2, 0.25) is 0 Å². The van der Waals surface area contributed by atoms with E-state index >= 15 is 0 Å². The van der Waals surface area contributed by atoms with Crippen LogP contribution in [0.5, 0.6) is 0 Å². The predicted octanol–water partition coefficient (Wildman–Crippen LogP) is 1.23. The summed E-state index contributed by atoms with van der Waals surface area (Å²) in [5, 5.41) is 3.02. The second-order valence-corrected chi connectivity index (χ2v) is 6.99. The van der Waals surface area contributed by atoms with E-state index in [0.717, 1.165) is 19.5 Å². The van der Waals surface area contributed by atoms with Gasteiger partial charge < -0.3 is 5.32 Å². The zero-order chi connectivity index (χ0) is 15.5. The first-order chi connectivity index (χ1) is 10.0. The molecule has 1 unspecified atom stereocenters.